The van der Waals surface area contributed by atoms with Gasteiger partial charge in [0.2, 0.25) is 5.91 Å². The number of carbonyl (C=O) groups excluding carboxylic acids is 1. The van der Waals surface area contributed by atoms with Crippen molar-refractivity contribution in [2.75, 3.05) is 18.4 Å². The maximum atomic E-state index is 11.4. The van der Waals surface area contributed by atoms with E-state index < -0.39 is 0 Å². The number of nitrogens with one attached hydrogen (secondary N) is 2. The van der Waals surface area contributed by atoms with Gasteiger partial charge in [-0.05, 0) is 40.8 Å². The van der Waals surface area contributed by atoms with Gasteiger partial charge >= 0.3 is 0 Å². The van der Waals surface area contributed by atoms with E-state index >= 15 is 0 Å². The molecule has 6 heteroatoms. The predicted molar refractivity (Wildman–Crippen MR) is 75.9 cm³/mol. The summed E-state index contributed by atoms with van der Waals surface area (Å²) in [7, 11) is 0. The molecule has 0 aliphatic heterocycles. The minimum absolute atomic E-state index is 0.133. The summed E-state index contributed by atoms with van der Waals surface area (Å²) in [6.45, 7) is 0.567. The molecule has 0 fully saturated rings. The Kier molecular flexibility index (Phi) is 6.08. The van der Waals surface area contributed by atoms with E-state index in [1.165, 1.54) is 0 Å². The zero-order valence-corrected chi connectivity index (χ0v) is 11.9. The maximum Gasteiger partial charge on any atom is 0.239 e. The van der Waals surface area contributed by atoms with Gasteiger partial charge in [0.1, 0.15) is 0 Å². The van der Waals surface area contributed by atoms with Crippen molar-refractivity contribution in [1.82, 2.24) is 5.32 Å². The van der Waals surface area contributed by atoms with Crippen molar-refractivity contribution < 1.29 is 4.79 Å². The lowest BCUT2D eigenvalue weighted by molar-refractivity contribution is -0.119. The van der Waals surface area contributed by atoms with Crippen LogP contribution in [0.1, 0.15) is 6.42 Å². The van der Waals surface area contributed by atoms with E-state index in [2.05, 4.69) is 33.2 Å². The number of nitriles is 1. The summed E-state index contributed by atoms with van der Waals surface area (Å²) in [5, 5.41) is 14.6. The third-order valence-corrected chi connectivity index (χ3v) is 3.06. The molecule has 2 N–H and O–H groups in total. The smallest absolute Gasteiger partial charge is 0.239 e. The minimum atomic E-state index is -0.133. The number of halogens is 2. The van der Waals surface area contributed by atoms with Crippen molar-refractivity contribution in [2.24, 2.45) is 0 Å². The number of carbonyl (C=O) groups is 1. The lowest BCUT2D eigenvalue weighted by atomic mass is 10.3. The molecule has 0 aliphatic rings. The molecule has 0 unspecified atom stereocenters. The zero-order valence-electron chi connectivity index (χ0n) is 8.96. The molecule has 1 rings (SSSR count). The molecular formula is C11H11ClIN3O. The second-order valence-corrected chi connectivity index (χ2v) is 4.83. The molecule has 4 nitrogen and oxygen atoms in total. The fraction of sp³-hybridized carbons (Fsp3) is 0.273. The third kappa shape index (κ3) is 5.24. The van der Waals surface area contributed by atoms with Crippen LogP contribution in [0.4, 0.5) is 5.69 Å². The number of hydrogen-bond acceptors (Lipinski definition) is 3. The summed E-state index contributed by atoms with van der Waals surface area (Å²) in [6.07, 6.45) is 0.324. The monoisotopic (exact) mass is 363 g/mol. The van der Waals surface area contributed by atoms with Gasteiger partial charge in [-0.3, -0.25) is 4.79 Å². The minimum Gasteiger partial charge on any atom is -0.375 e. The normalized spacial score (nSPS) is 9.47. The Morgan fingerprint density at radius 3 is 2.94 bits per heavy atom. The summed E-state index contributed by atoms with van der Waals surface area (Å²) < 4.78 is 0.958. The van der Waals surface area contributed by atoms with Crippen molar-refractivity contribution in [3.63, 3.8) is 0 Å². The molecule has 0 saturated heterocycles. The largest absolute Gasteiger partial charge is 0.375 e. The van der Waals surface area contributed by atoms with Gasteiger partial charge in [0, 0.05) is 20.8 Å². The molecule has 0 aliphatic carbocycles. The molecule has 90 valence electrons. The summed E-state index contributed by atoms with van der Waals surface area (Å²) >= 11 is 7.97. The molecule has 0 spiro atoms. The van der Waals surface area contributed by atoms with Gasteiger partial charge in [0.15, 0.2) is 0 Å². The molecule has 0 bridgehead atoms. The Hall–Kier alpha value is -1.000. The summed E-state index contributed by atoms with van der Waals surface area (Å²) in [4.78, 5) is 11.4. The first-order valence-corrected chi connectivity index (χ1v) is 6.41. The van der Waals surface area contributed by atoms with Crippen LogP contribution in [0.25, 0.3) is 0 Å². The number of benzene rings is 1. The fourth-order valence-electron chi connectivity index (χ4n) is 1.13. The number of anilines is 1. The van der Waals surface area contributed by atoms with E-state index in [4.69, 9.17) is 16.9 Å². The predicted octanol–water partition coefficient (Wildman–Crippen LogP) is 2.39. The number of rotatable bonds is 5. The van der Waals surface area contributed by atoms with Crippen LogP contribution < -0.4 is 10.6 Å². The molecular weight excluding hydrogens is 352 g/mol. The molecule has 1 aromatic carbocycles. The van der Waals surface area contributed by atoms with E-state index in [1.807, 2.05) is 18.2 Å². The van der Waals surface area contributed by atoms with Crippen molar-refractivity contribution in [3.05, 3.63) is 26.8 Å². The highest BCUT2D eigenvalue weighted by Crippen LogP contribution is 2.21. The molecule has 0 atom stereocenters. The molecule has 17 heavy (non-hydrogen) atoms. The molecule has 1 aromatic rings. The summed E-state index contributed by atoms with van der Waals surface area (Å²) in [5.74, 6) is -0.133. The molecule has 0 saturated carbocycles. The SMILES string of the molecule is N#CCCNC(=O)CNc1ccc(Cl)cc1I. The second-order valence-electron chi connectivity index (χ2n) is 3.24. The van der Waals surface area contributed by atoms with Crippen LogP contribution in [0.5, 0.6) is 0 Å². The van der Waals surface area contributed by atoms with E-state index in [0.29, 0.717) is 18.0 Å². The lowest BCUT2D eigenvalue weighted by Crippen LogP contribution is -2.30. The maximum absolute atomic E-state index is 11.4. The number of nitrogens with zero attached hydrogens (tertiary/aromatic N) is 1. The Bertz CT molecular complexity index is 445. The van der Waals surface area contributed by atoms with E-state index in [0.717, 1.165) is 9.26 Å². The summed E-state index contributed by atoms with van der Waals surface area (Å²) in [6, 6.07) is 7.37. The van der Waals surface area contributed by atoms with E-state index in [-0.39, 0.29) is 12.5 Å². The molecule has 1 amide bonds. The first-order chi connectivity index (χ1) is 8.13. The van der Waals surface area contributed by atoms with E-state index in [9.17, 15) is 4.79 Å². The fourth-order valence-corrected chi connectivity index (χ4v) is 2.19. The number of amides is 1. The lowest BCUT2D eigenvalue weighted by Gasteiger charge is -2.08. The Labute approximate surface area is 118 Å². The third-order valence-electron chi connectivity index (χ3n) is 1.93. The topological polar surface area (TPSA) is 64.9 Å². The van der Waals surface area contributed by atoms with Crippen LogP contribution in [-0.4, -0.2) is 19.0 Å². The van der Waals surface area contributed by atoms with Crippen LogP contribution >= 0.6 is 34.2 Å². The highest BCUT2D eigenvalue weighted by Gasteiger charge is 2.03. The first-order valence-electron chi connectivity index (χ1n) is 4.96. The van der Waals surface area contributed by atoms with E-state index in [1.54, 1.807) is 6.07 Å². The van der Waals surface area contributed by atoms with Gasteiger partial charge in [-0.15, -0.1) is 0 Å². The zero-order chi connectivity index (χ0) is 12.7. The van der Waals surface area contributed by atoms with Crippen molar-refractivity contribution in [2.45, 2.75) is 6.42 Å². The van der Waals surface area contributed by atoms with Crippen molar-refractivity contribution in [1.29, 1.82) is 5.26 Å². The summed E-state index contributed by atoms with van der Waals surface area (Å²) in [5.41, 5.74) is 0.866. The van der Waals surface area contributed by atoms with Gasteiger partial charge in [-0.25, -0.2) is 0 Å². The quantitative estimate of drug-likeness (QED) is 0.624. The first kappa shape index (κ1) is 14.1. The van der Waals surface area contributed by atoms with Crippen molar-refractivity contribution >= 4 is 45.8 Å². The molecule has 0 aromatic heterocycles. The second kappa shape index (κ2) is 7.35. The van der Waals surface area contributed by atoms with Gasteiger partial charge in [-0.2, -0.15) is 5.26 Å². The van der Waals surface area contributed by atoms with Gasteiger partial charge in [-0.1, -0.05) is 11.6 Å². The standard InChI is InChI=1S/C11H11ClIN3O/c12-8-2-3-10(9(13)6-8)16-7-11(17)15-5-1-4-14/h2-3,6,16H,1,5,7H2,(H,15,17). The van der Waals surface area contributed by atoms with Gasteiger partial charge in [0.25, 0.3) is 0 Å². The van der Waals surface area contributed by atoms with Crippen molar-refractivity contribution in [3.8, 4) is 6.07 Å². The highest BCUT2D eigenvalue weighted by atomic mass is 127. The van der Waals surface area contributed by atoms with Crippen LogP contribution in [0.15, 0.2) is 18.2 Å². The molecule has 0 radical (unpaired) electrons. The van der Waals surface area contributed by atoms with Crippen LogP contribution in [0, 0.1) is 14.9 Å². The van der Waals surface area contributed by atoms with Crippen LogP contribution in [0.3, 0.4) is 0 Å². The number of hydrogen-bond donors (Lipinski definition) is 2. The average Bonchev–Trinajstić information content (AvgIpc) is 2.28. The van der Waals surface area contributed by atoms with Crippen LogP contribution in [0.2, 0.25) is 5.02 Å². The Morgan fingerprint density at radius 1 is 1.53 bits per heavy atom. The highest BCUT2D eigenvalue weighted by molar-refractivity contribution is 14.1. The molecule has 0 heterocycles. The van der Waals surface area contributed by atoms with Gasteiger partial charge in [0.05, 0.1) is 19.0 Å². The average molecular weight is 364 g/mol. The van der Waals surface area contributed by atoms with Crippen LogP contribution in [-0.2, 0) is 4.79 Å². The van der Waals surface area contributed by atoms with Gasteiger partial charge < -0.3 is 10.6 Å². The Morgan fingerprint density at radius 2 is 2.29 bits per heavy atom. The Balaban J connectivity index is 2.40.